The number of ether oxygens (including phenoxy) is 4. The Kier molecular flexibility index (Phi) is 3.47. The first-order valence-electron chi connectivity index (χ1n) is 8.37. The molecule has 3 fully saturated rings. The van der Waals surface area contributed by atoms with Crippen LogP contribution in [0.25, 0.3) is 0 Å². The second-order valence-electron chi connectivity index (χ2n) is 6.53. The van der Waals surface area contributed by atoms with Crippen LogP contribution in [0, 0.1) is 5.92 Å². The summed E-state index contributed by atoms with van der Waals surface area (Å²) in [5.41, 5.74) is -4.23. The quantitative estimate of drug-likeness (QED) is 0.246. The molecule has 5 aliphatic rings. The molecule has 0 saturated carbocycles. The van der Waals surface area contributed by atoms with Gasteiger partial charge in [0.15, 0.2) is 0 Å². The first-order valence-corrected chi connectivity index (χ1v) is 8.37. The van der Waals surface area contributed by atoms with Gasteiger partial charge in [-0.05, 0) is 12.2 Å². The van der Waals surface area contributed by atoms with Gasteiger partial charge < -0.3 is 18.9 Å². The monoisotopic (exact) mass is 424 g/mol. The molecule has 31 heavy (non-hydrogen) atoms. The summed E-state index contributed by atoms with van der Waals surface area (Å²) in [6.07, 6.45) is 2.45. The first-order chi connectivity index (χ1) is 14.7. The summed E-state index contributed by atoms with van der Waals surface area (Å²) in [6, 6.07) is 0. The molecule has 1 atom stereocenters. The van der Waals surface area contributed by atoms with Crippen LogP contribution in [0.1, 0.15) is 0 Å². The molecule has 3 saturated heterocycles. The molecule has 0 N–H and O–H groups in total. The van der Waals surface area contributed by atoms with Crippen LogP contribution in [0.5, 0.6) is 0 Å². The van der Waals surface area contributed by atoms with Crippen LogP contribution in [0.15, 0.2) is 57.2 Å². The molecule has 2 bridgehead atoms. The number of fused-ring (bicyclic) bond motifs is 4. The molecule has 0 aromatic rings. The minimum atomic E-state index is -1.68. The van der Waals surface area contributed by atoms with Crippen molar-refractivity contribution in [3.8, 4) is 0 Å². The predicted molar refractivity (Wildman–Crippen MR) is 86.2 cm³/mol. The Morgan fingerprint density at radius 2 is 1.13 bits per heavy atom. The fraction of sp³-hybridized carbons (Fsp3) is 0.0526. The van der Waals surface area contributed by atoms with Gasteiger partial charge in [-0.15, -0.1) is 0 Å². The number of esters is 8. The summed E-state index contributed by atoms with van der Waals surface area (Å²) >= 11 is 0. The zero-order valence-corrected chi connectivity index (χ0v) is 14.7. The molecule has 0 spiro atoms. The summed E-state index contributed by atoms with van der Waals surface area (Å²) in [5, 5.41) is 0. The van der Waals surface area contributed by atoms with Crippen LogP contribution in [0.2, 0.25) is 0 Å². The molecule has 0 amide bonds. The van der Waals surface area contributed by atoms with E-state index < -0.39 is 92.7 Å². The molecule has 4 heterocycles. The average Bonchev–Trinajstić information content (AvgIpc) is 3.21. The Hall–Kier alpha value is -4.74. The highest BCUT2D eigenvalue weighted by Gasteiger charge is 2.49. The van der Waals surface area contributed by atoms with E-state index >= 15 is 0 Å². The second-order valence-corrected chi connectivity index (χ2v) is 6.53. The normalized spacial score (nSPS) is 33.0. The first kappa shape index (κ1) is 18.3. The zero-order valence-electron chi connectivity index (χ0n) is 14.7. The van der Waals surface area contributed by atoms with Crippen molar-refractivity contribution in [2.24, 2.45) is 5.92 Å². The van der Waals surface area contributed by atoms with Gasteiger partial charge in [-0.2, -0.15) is 0 Å². The number of hydrogen-bond donors (Lipinski definition) is 0. The smallest absolute Gasteiger partial charge is 0.347 e. The van der Waals surface area contributed by atoms with E-state index in [0.29, 0.717) is 0 Å². The molecule has 0 radical (unpaired) electrons. The Morgan fingerprint density at radius 3 is 1.81 bits per heavy atom. The van der Waals surface area contributed by atoms with E-state index in [2.05, 4.69) is 18.9 Å². The van der Waals surface area contributed by atoms with Crippen LogP contribution in [0.4, 0.5) is 0 Å². The predicted octanol–water partition coefficient (Wildman–Crippen LogP) is -1.68. The molecule has 0 aromatic carbocycles. The van der Waals surface area contributed by atoms with E-state index in [1.807, 2.05) is 0 Å². The van der Waals surface area contributed by atoms with Crippen LogP contribution in [-0.4, -0.2) is 47.8 Å². The maximum absolute atomic E-state index is 12.3. The lowest BCUT2D eigenvalue weighted by Crippen LogP contribution is -2.24. The van der Waals surface area contributed by atoms with E-state index in [1.165, 1.54) is 0 Å². The summed E-state index contributed by atoms with van der Waals surface area (Å²) in [4.78, 5) is 97.9. The van der Waals surface area contributed by atoms with Crippen molar-refractivity contribution in [3.63, 3.8) is 0 Å². The average molecular weight is 424 g/mol. The lowest BCUT2D eigenvalue weighted by molar-refractivity contribution is -0.156. The van der Waals surface area contributed by atoms with Gasteiger partial charge in [-0.25, -0.2) is 33.6 Å². The van der Waals surface area contributed by atoms with Crippen molar-refractivity contribution in [2.45, 2.75) is 0 Å². The highest BCUT2D eigenvalue weighted by molar-refractivity contribution is 6.28. The van der Waals surface area contributed by atoms with Gasteiger partial charge >= 0.3 is 47.8 Å². The summed E-state index contributed by atoms with van der Waals surface area (Å²) in [6.45, 7) is 0. The lowest BCUT2D eigenvalue weighted by atomic mass is 9.90. The Balaban J connectivity index is 1.94. The number of carbonyl (C=O) groups is 8. The third-order valence-electron chi connectivity index (χ3n) is 4.85. The highest BCUT2D eigenvalue weighted by Crippen LogP contribution is 2.39. The minimum absolute atomic E-state index is 0.478. The number of carbonyl (C=O) groups excluding carboxylic acids is 8. The largest absolute Gasteiger partial charge is 0.389 e. The van der Waals surface area contributed by atoms with Crippen LogP contribution >= 0.6 is 0 Å². The molecule has 12 heteroatoms. The number of hydrogen-bond acceptors (Lipinski definition) is 12. The second kappa shape index (κ2) is 5.89. The lowest BCUT2D eigenvalue weighted by Gasteiger charge is -2.13. The molecular weight excluding hydrogens is 420 g/mol. The van der Waals surface area contributed by atoms with Gasteiger partial charge in [0.1, 0.15) is 5.92 Å². The highest BCUT2D eigenvalue weighted by atomic mass is 16.6. The van der Waals surface area contributed by atoms with Crippen LogP contribution in [0.3, 0.4) is 0 Å². The van der Waals surface area contributed by atoms with Crippen molar-refractivity contribution in [1.29, 1.82) is 0 Å². The van der Waals surface area contributed by atoms with Gasteiger partial charge in [0.05, 0.1) is 39.0 Å². The Morgan fingerprint density at radius 1 is 0.548 bits per heavy atom. The van der Waals surface area contributed by atoms with Gasteiger partial charge in [-0.3, -0.25) is 4.79 Å². The summed E-state index contributed by atoms with van der Waals surface area (Å²) in [7, 11) is 0. The molecule has 0 aromatic heterocycles. The molecule has 1 unspecified atom stereocenters. The fourth-order valence-corrected chi connectivity index (χ4v) is 3.53. The van der Waals surface area contributed by atoms with Crippen molar-refractivity contribution < 1.29 is 57.3 Å². The van der Waals surface area contributed by atoms with E-state index in [-0.39, 0.29) is 0 Å². The molecule has 5 rings (SSSR count). The minimum Gasteiger partial charge on any atom is -0.389 e. The van der Waals surface area contributed by atoms with E-state index in [0.717, 1.165) is 18.2 Å². The maximum Gasteiger partial charge on any atom is 0.347 e. The third-order valence-corrected chi connectivity index (χ3v) is 4.85. The van der Waals surface area contributed by atoms with Crippen molar-refractivity contribution in [3.05, 3.63) is 57.2 Å². The van der Waals surface area contributed by atoms with Crippen molar-refractivity contribution >= 4 is 47.8 Å². The standard InChI is InChI=1S/C19H4O12/c20-12-4-1-5(13(21)28-12)9-7(15(23)29-17(9)25)3-8-11(19(27)31-16(8)24)10-6(2-4)14(22)30-18(10)26/h1-3,7H/b6-2+,8-3+,9-5-,11-10-. The van der Waals surface area contributed by atoms with Gasteiger partial charge in [0.25, 0.3) is 0 Å². The zero-order chi connectivity index (χ0) is 22.2. The maximum atomic E-state index is 12.3. The van der Waals surface area contributed by atoms with Crippen molar-refractivity contribution in [1.82, 2.24) is 0 Å². The van der Waals surface area contributed by atoms with Crippen LogP contribution < -0.4 is 0 Å². The summed E-state index contributed by atoms with van der Waals surface area (Å²) < 4.78 is 18.1. The van der Waals surface area contributed by atoms with E-state index in [1.54, 1.807) is 0 Å². The van der Waals surface area contributed by atoms with Gasteiger partial charge in [0, 0.05) is 0 Å². The molecular formula is C19H4O12. The molecule has 4 aliphatic heterocycles. The van der Waals surface area contributed by atoms with Crippen LogP contribution in [-0.2, 0) is 57.3 Å². The summed E-state index contributed by atoms with van der Waals surface area (Å²) in [5.74, 6) is -11.9. The molecule has 12 nitrogen and oxygen atoms in total. The van der Waals surface area contributed by atoms with Crippen molar-refractivity contribution in [2.75, 3.05) is 0 Å². The van der Waals surface area contributed by atoms with E-state index in [4.69, 9.17) is 0 Å². The Bertz CT molecular complexity index is 1310. The van der Waals surface area contributed by atoms with Gasteiger partial charge in [0.2, 0.25) is 0 Å². The number of cyclic esters (lactones) is 8. The SMILES string of the molecule is O=C1OC(=O)/C2=C3\C(=O)OC(=O)C3/C=C3/C(=O)OC(=O)/C3=C3\C(=O)OC(=O)\C3=C\C1=C2. The molecule has 1 aliphatic carbocycles. The Labute approximate surface area is 169 Å². The van der Waals surface area contributed by atoms with Gasteiger partial charge in [-0.1, -0.05) is 6.08 Å². The van der Waals surface area contributed by atoms with E-state index in [9.17, 15) is 38.4 Å². The topological polar surface area (TPSA) is 173 Å². The fourth-order valence-electron chi connectivity index (χ4n) is 3.53. The molecule has 152 valence electrons. The third kappa shape index (κ3) is 2.41. The number of rotatable bonds is 0.